The van der Waals surface area contributed by atoms with Crippen LogP contribution in [0.3, 0.4) is 0 Å². The number of methoxy groups -OCH3 is 2. The SMILES string of the molecule is COC(=O)CCCCC(=O)Oc1c(C)ncc(N[C@H]2CC(=O)C(=O)[C@H](Cc3ccccc3)[C@H](OC(=O)C(C)C)[C@H](C)C(=O)C2=O)c1OC. The number of anilines is 1. The Balaban J connectivity index is 1.93. The first-order chi connectivity index (χ1) is 22.8. The van der Waals surface area contributed by atoms with Crippen LogP contribution in [0.25, 0.3) is 0 Å². The zero-order valence-electron chi connectivity index (χ0n) is 28.0. The van der Waals surface area contributed by atoms with Crippen molar-refractivity contribution in [2.24, 2.45) is 17.8 Å². The molecule has 258 valence electrons. The fourth-order valence-electron chi connectivity index (χ4n) is 5.26. The summed E-state index contributed by atoms with van der Waals surface area (Å²) >= 11 is 0. The van der Waals surface area contributed by atoms with Gasteiger partial charge in [-0.3, -0.25) is 38.5 Å². The van der Waals surface area contributed by atoms with Crippen LogP contribution < -0.4 is 14.8 Å². The molecule has 1 aromatic carbocycles. The molecular formula is C35H42N2O11. The summed E-state index contributed by atoms with van der Waals surface area (Å²) in [5.74, 6) is -8.63. The van der Waals surface area contributed by atoms with Gasteiger partial charge in [-0.25, -0.2) is 0 Å². The number of carbonyl (C=O) groups is 7. The van der Waals surface area contributed by atoms with Crippen molar-refractivity contribution in [2.45, 2.75) is 78.4 Å². The lowest BCUT2D eigenvalue weighted by atomic mass is 9.81. The molecule has 1 saturated carbocycles. The number of esters is 3. The minimum absolute atomic E-state index is 0.00151. The molecular weight excluding hydrogens is 624 g/mol. The maximum atomic E-state index is 13.8. The van der Waals surface area contributed by atoms with Gasteiger partial charge in [0.05, 0.1) is 49.6 Å². The number of Topliss-reactive ketones (excluding diaryl/α,β-unsaturated/α-hetero) is 4. The number of ketones is 4. The van der Waals surface area contributed by atoms with Crippen LogP contribution in [0.5, 0.6) is 11.5 Å². The zero-order chi connectivity index (χ0) is 35.5. The lowest BCUT2D eigenvalue weighted by Gasteiger charge is -2.29. The number of pyridine rings is 1. The fraction of sp³-hybridized carbons (Fsp3) is 0.486. The van der Waals surface area contributed by atoms with Crippen LogP contribution in [0.4, 0.5) is 5.69 Å². The highest BCUT2D eigenvalue weighted by Gasteiger charge is 2.46. The topological polar surface area (TPSA) is 181 Å². The summed E-state index contributed by atoms with van der Waals surface area (Å²) in [5.41, 5.74) is 0.976. The molecule has 0 amide bonds. The Hall–Kier alpha value is -4.94. The van der Waals surface area contributed by atoms with Gasteiger partial charge in [0.15, 0.2) is 11.5 Å². The van der Waals surface area contributed by atoms with E-state index >= 15 is 0 Å². The molecule has 0 bridgehead atoms. The molecule has 13 heteroatoms. The van der Waals surface area contributed by atoms with Gasteiger partial charge in [0.2, 0.25) is 23.1 Å². The van der Waals surface area contributed by atoms with Gasteiger partial charge >= 0.3 is 17.9 Å². The molecule has 2 aromatic rings. The van der Waals surface area contributed by atoms with Crippen molar-refractivity contribution >= 4 is 46.7 Å². The molecule has 1 heterocycles. The lowest BCUT2D eigenvalue weighted by Crippen LogP contribution is -2.45. The van der Waals surface area contributed by atoms with E-state index in [1.54, 1.807) is 51.1 Å². The first-order valence-corrected chi connectivity index (χ1v) is 15.8. The molecule has 1 fully saturated rings. The highest BCUT2D eigenvalue weighted by Crippen LogP contribution is 2.38. The first-order valence-electron chi connectivity index (χ1n) is 15.8. The Kier molecular flexibility index (Phi) is 13.5. The predicted molar refractivity (Wildman–Crippen MR) is 171 cm³/mol. The van der Waals surface area contributed by atoms with Crippen molar-refractivity contribution < 1.29 is 52.5 Å². The monoisotopic (exact) mass is 666 g/mol. The van der Waals surface area contributed by atoms with Crippen LogP contribution in [-0.2, 0) is 49.5 Å². The maximum Gasteiger partial charge on any atom is 0.311 e. The number of ether oxygens (including phenoxy) is 4. The number of aryl methyl sites for hydroxylation is 1. The molecule has 1 N–H and O–H groups in total. The van der Waals surface area contributed by atoms with Gasteiger partial charge in [-0.15, -0.1) is 0 Å². The van der Waals surface area contributed by atoms with E-state index in [-0.39, 0.29) is 42.1 Å². The molecule has 48 heavy (non-hydrogen) atoms. The van der Waals surface area contributed by atoms with E-state index in [9.17, 15) is 33.6 Å². The van der Waals surface area contributed by atoms with Gasteiger partial charge in [0.25, 0.3) is 0 Å². The van der Waals surface area contributed by atoms with Crippen molar-refractivity contribution in [2.75, 3.05) is 19.5 Å². The summed E-state index contributed by atoms with van der Waals surface area (Å²) in [6, 6.07) is 7.26. The standard InChI is InChI=1S/C35H42N2O11/c1-19(2)35(44)48-32-20(3)29(41)31(43)24(17-26(38)30(42)23(32)16-22-12-8-7-9-13-22)37-25-18-36-21(4)33(34(25)46-6)47-28(40)15-11-10-14-27(39)45-5/h7-9,12-13,18-20,23-24,32,37H,10-11,14-17H2,1-6H3/t20-,23+,24+,32-/m1/s1. The Bertz CT molecular complexity index is 1540. The molecule has 0 spiro atoms. The highest BCUT2D eigenvalue weighted by molar-refractivity contribution is 6.44. The number of hydrogen-bond donors (Lipinski definition) is 1. The summed E-state index contributed by atoms with van der Waals surface area (Å²) in [5, 5.41) is 2.82. The molecule has 3 rings (SSSR count). The number of aromatic nitrogens is 1. The molecule has 1 aromatic heterocycles. The highest BCUT2D eigenvalue weighted by atomic mass is 16.6. The minimum Gasteiger partial charge on any atom is -0.491 e. The second-order valence-electron chi connectivity index (χ2n) is 11.9. The maximum absolute atomic E-state index is 13.8. The predicted octanol–water partition coefficient (Wildman–Crippen LogP) is 3.56. The van der Waals surface area contributed by atoms with Crippen LogP contribution in [0.2, 0.25) is 0 Å². The van der Waals surface area contributed by atoms with E-state index in [1.807, 2.05) is 0 Å². The Labute approximate surface area is 279 Å². The minimum atomic E-state index is -1.52. The fourth-order valence-corrected chi connectivity index (χ4v) is 5.26. The first kappa shape index (κ1) is 37.5. The normalized spacial score (nSPS) is 20.0. The van der Waals surface area contributed by atoms with Crippen molar-refractivity contribution in [1.82, 2.24) is 4.98 Å². The van der Waals surface area contributed by atoms with Gasteiger partial charge in [-0.1, -0.05) is 51.1 Å². The summed E-state index contributed by atoms with van der Waals surface area (Å²) < 4.78 is 21.3. The van der Waals surface area contributed by atoms with Gasteiger partial charge in [0, 0.05) is 19.3 Å². The van der Waals surface area contributed by atoms with Gasteiger partial charge < -0.3 is 24.3 Å². The molecule has 0 saturated heterocycles. The van der Waals surface area contributed by atoms with Crippen LogP contribution in [0, 0.1) is 24.7 Å². The zero-order valence-corrected chi connectivity index (χ0v) is 28.0. The van der Waals surface area contributed by atoms with E-state index in [0.717, 1.165) is 0 Å². The molecule has 1 aliphatic carbocycles. The Morgan fingerprint density at radius 3 is 2.17 bits per heavy atom. The smallest absolute Gasteiger partial charge is 0.311 e. The van der Waals surface area contributed by atoms with Gasteiger partial charge in [-0.2, -0.15) is 0 Å². The number of nitrogens with one attached hydrogen (secondary N) is 1. The van der Waals surface area contributed by atoms with Crippen LogP contribution in [-0.4, -0.2) is 72.4 Å². The third-order valence-electron chi connectivity index (χ3n) is 8.04. The average Bonchev–Trinajstić information content (AvgIpc) is 3.09. The molecule has 0 radical (unpaired) electrons. The third-order valence-corrected chi connectivity index (χ3v) is 8.04. The van der Waals surface area contributed by atoms with Crippen molar-refractivity contribution in [3.8, 4) is 11.5 Å². The molecule has 4 atom stereocenters. The molecule has 0 unspecified atom stereocenters. The van der Waals surface area contributed by atoms with Crippen molar-refractivity contribution in [3.05, 3.63) is 47.8 Å². The van der Waals surface area contributed by atoms with E-state index in [0.29, 0.717) is 18.4 Å². The number of unbranched alkanes of at least 4 members (excludes halogenated alkanes) is 1. The van der Waals surface area contributed by atoms with Gasteiger partial charge in [0.1, 0.15) is 12.1 Å². The average molecular weight is 667 g/mol. The van der Waals surface area contributed by atoms with E-state index < -0.39 is 77.4 Å². The van der Waals surface area contributed by atoms with Crippen LogP contribution >= 0.6 is 0 Å². The lowest BCUT2D eigenvalue weighted by molar-refractivity contribution is -0.163. The summed E-state index contributed by atoms with van der Waals surface area (Å²) in [6.45, 7) is 6.14. The van der Waals surface area contributed by atoms with E-state index in [1.165, 1.54) is 27.3 Å². The van der Waals surface area contributed by atoms with E-state index in [4.69, 9.17) is 14.2 Å². The van der Waals surface area contributed by atoms with E-state index in [2.05, 4.69) is 15.0 Å². The number of nitrogens with zero attached hydrogens (tertiary/aromatic N) is 1. The Morgan fingerprint density at radius 1 is 0.917 bits per heavy atom. The van der Waals surface area contributed by atoms with Crippen LogP contribution in [0.15, 0.2) is 36.5 Å². The summed E-state index contributed by atoms with van der Waals surface area (Å²) in [6.07, 6.45) is 0.116. The second-order valence-corrected chi connectivity index (χ2v) is 11.9. The van der Waals surface area contributed by atoms with Gasteiger partial charge in [-0.05, 0) is 31.7 Å². The molecule has 0 aliphatic heterocycles. The van der Waals surface area contributed by atoms with Crippen molar-refractivity contribution in [3.63, 3.8) is 0 Å². The summed E-state index contributed by atoms with van der Waals surface area (Å²) in [7, 11) is 2.57. The third kappa shape index (κ3) is 9.55. The second kappa shape index (κ2) is 17.3. The largest absolute Gasteiger partial charge is 0.491 e. The molecule has 1 aliphatic rings. The number of carbonyl (C=O) groups excluding carboxylic acids is 7. The molecule has 13 nitrogen and oxygen atoms in total. The quantitative estimate of drug-likeness (QED) is 0.186. The number of hydrogen-bond acceptors (Lipinski definition) is 13. The Morgan fingerprint density at radius 2 is 1.56 bits per heavy atom. The summed E-state index contributed by atoms with van der Waals surface area (Å²) in [4.78, 5) is 95.6. The number of benzene rings is 1. The number of rotatable bonds is 13. The van der Waals surface area contributed by atoms with Crippen molar-refractivity contribution in [1.29, 1.82) is 0 Å². The van der Waals surface area contributed by atoms with Crippen LogP contribution in [0.1, 0.15) is 64.1 Å².